The summed E-state index contributed by atoms with van der Waals surface area (Å²) in [4.78, 5) is 24.0. The van der Waals surface area contributed by atoms with Crippen molar-refractivity contribution in [2.45, 2.75) is 0 Å². The first-order chi connectivity index (χ1) is 11.0. The highest BCUT2D eigenvalue weighted by Gasteiger charge is 2.12. The quantitative estimate of drug-likeness (QED) is 0.797. The summed E-state index contributed by atoms with van der Waals surface area (Å²) >= 11 is 12.0. The van der Waals surface area contributed by atoms with E-state index in [2.05, 4.69) is 17.2 Å². The second-order valence-corrected chi connectivity index (χ2v) is 5.44. The van der Waals surface area contributed by atoms with Crippen molar-refractivity contribution in [3.8, 4) is 0 Å². The number of amides is 2. The number of carbonyl (C=O) groups is 2. The van der Waals surface area contributed by atoms with Gasteiger partial charge < -0.3 is 10.6 Å². The zero-order valence-electron chi connectivity index (χ0n) is 12.1. The number of benzene rings is 2. The Bertz CT molecular complexity index is 723. The molecule has 0 unspecified atom stereocenters. The maximum atomic E-state index is 12.2. The third-order valence-corrected chi connectivity index (χ3v) is 3.65. The van der Waals surface area contributed by atoms with E-state index in [1.165, 1.54) is 0 Å². The van der Waals surface area contributed by atoms with Crippen LogP contribution in [0.4, 0.5) is 5.69 Å². The molecule has 0 radical (unpaired) electrons. The molecule has 118 valence electrons. The minimum Gasteiger partial charge on any atom is -0.349 e. The lowest BCUT2D eigenvalue weighted by atomic mass is 10.1. The first-order valence-corrected chi connectivity index (χ1v) is 7.53. The first-order valence-electron chi connectivity index (χ1n) is 6.77. The van der Waals surface area contributed by atoms with Gasteiger partial charge in [0.1, 0.15) is 0 Å². The SMILES string of the molecule is C=CCNC(=O)c1ccc(C(=O)Nc2c(Cl)cccc2Cl)cc1. The van der Waals surface area contributed by atoms with Gasteiger partial charge in [-0.3, -0.25) is 9.59 Å². The second-order valence-electron chi connectivity index (χ2n) is 4.63. The van der Waals surface area contributed by atoms with Gasteiger partial charge in [-0.15, -0.1) is 6.58 Å². The Morgan fingerprint density at radius 2 is 1.48 bits per heavy atom. The molecule has 23 heavy (non-hydrogen) atoms. The van der Waals surface area contributed by atoms with Crippen molar-refractivity contribution in [2.24, 2.45) is 0 Å². The largest absolute Gasteiger partial charge is 0.349 e. The molecule has 0 spiro atoms. The summed E-state index contributed by atoms with van der Waals surface area (Å²) in [6.45, 7) is 3.91. The number of carbonyl (C=O) groups excluding carboxylic acids is 2. The van der Waals surface area contributed by atoms with Crippen molar-refractivity contribution < 1.29 is 9.59 Å². The molecule has 2 N–H and O–H groups in total. The van der Waals surface area contributed by atoms with Crippen molar-refractivity contribution in [1.82, 2.24) is 5.32 Å². The summed E-state index contributed by atoms with van der Waals surface area (Å²) < 4.78 is 0. The number of nitrogens with one attached hydrogen (secondary N) is 2. The third kappa shape index (κ3) is 4.34. The van der Waals surface area contributed by atoms with Crippen LogP contribution in [-0.2, 0) is 0 Å². The van der Waals surface area contributed by atoms with Crippen LogP contribution in [0.3, 0.4) is 0 Å². The summed E-state index contributed by atoms with van der Waals surface area (Å²) in [6.07, 6.45) is 1.59. The predicted octanol–water partition coefficient (Wildman–Crippen LogP) is 4.16. The minimum absolute atomic E-state index is 0.231. The van der Waals surface area contributed by atoms with Crippen LogP contribution in [0.5, 0.6) is 0 Å². The van der Waals surface area contributed by atoms with Gasteiger partial charge in [0.25, 0.3) is 11.8 Å². The van der Waals surface area contributed by atoms with Crippen LogP contribution in [0.15, 0.2) is 55.1 Å². The maximum absolute atomic E-state index is 12.2. The molecule has 0 atom stereocenters. The van der Waals surface area contributed by atoms with E-state index in [1.807, 2.05) is 0 Å². The van der Waals surface area contributed by atoms with Gasteiger partial charge >= 0.3 is 0 Å². The lowest BCUT2D eigenvalue weighted by Crippen LogP contribution is -2.23. The van der Waals surface area contributed by atoms with E-state index in [-0.39, 0.29) is 11.8 Å². The van der Waals surface area contributed by atoms with Crippen LogP contribution in [0.25, 0.3) is 0 Å². The Labute approximate surface area is 144 Å². The van der Waals surface area contributed by atoms with E-state index in [0.717, 1.165) is 0 Å². The lowest BCUT2D eigenvalue weighted by molar-refractivity contribution is 0.0956. The fraction of sp³-hybridized carbons (Fsp3) is 0.0588. The molecule has 0 saturated heterocycles. The number of anilines is 1. The van der Waals surface area contributed by atoms with Gasteiger partial charge in [-0.25, -0.2) is 0 Å². The molecule has 0 aliphatic rings. The molecular weight excluding hydrogens is 335 g/mol. The van der Waals surface area contributed by atoms with Gasteiger partial charge in [0.2, 0.25) is 0 Å². The van der Waals surface area contributed by atoms with Gasteiger partial charge in [-0.2, -0.15) is 0 Å². The Hall–Kier alpha value is -2.30. The molecule has 0 heterocycles. The summed E-state index contributed by atoms with van der Waals surface area (Å²) in [5.74, 6) is -0.593. The molecule has 4 nitrogen and oxygen atoms in total. The second kappa shape index (κ2) is 7.81. The predicted molar refractivity (Wildman–Crippen MR) is 93.4 cm³/mol. The monoisotopic (exact) mass is 348 g/mol. The third-order valence-electron chi connectivity index (χ3n) is 3.02. The molecule has 2 aromatic carbocycles. The average molecular weight is 349 g/mol. The average Bonchev–Trinajstić information content (AvgIpc) is 2.56. The zero-order chi connectivity index (χ0) is 16.8. The highest BCUT2D eigenvalue weighted by molar-refractivity contribution is 6.40. The van der Waals surface area contributed by atoms with Gasteiger partial charge in [-0.05, 0) is 36.4 Å². The van der Waals surface area contributed by atoms with Crippen LogP contribution < -0.4 is 10.6 Å². The molecule has 0 aliphatic carbocycles. The Morgan fingerprint density at radius 1 is 0.957 bits per heavy atom. The van der Waals surface area contributed by atoms with E-state index in [9.17, 15) is 9.59 Å². The van der Waals surface area contributed by atoms with Gasteiger partial charge in [-0.1, -0.05) is 35.3 Å². The highest BCUT2D eigenvalue weighted by atomic mass is 35.5. The molecule has 0 fully saturated rings. The van der Waals surface area contributed by atoms with E-state index in [4.69, 9.17) is 23.2 Å². The fourth-order valence-corrected chi connectivity index (χ4v) is 2.33. The number of rotatable bonds is 5. The van der Waals surface area contributed by atoms with Crippen molar-refractivity contribution >= 4 is 40.7 Å². The molecule has 0 saturated carbocycles. The number of para-hydroxylation sites is 1. The van der Waals surface area contributed by atoms with Gasteiger partial charge in [0.05, 0.1) is 15.7 Å². The normalized spacial score (nSPS) is 10.0. The van der Waals surface area contributed by atoms with Crippen LogP contribution in [0.2, 0.25) is 10.0 Å². The Kier molecular flexibility index (Phi) is 5.79. The first kappa shape index (κ1) is 17.1. The van der Waals surface area contributed by atoms with Gasteiger partial charge in [0, 0.05) is 17.7 Å². The smallest absolute Gasteiger partial charge is 0.255 e. The fourth-order valence-electron chi connectivity index (χ4n) is 1.84. The van der Waals surface area contributed by atoms with Gasteiger partial charge in [0.15, 0.2) is 0 Å². The number of hydrogen-bond donors (Lipinski definition) is 2. The Balaban J connectivity index is 2.11. The van der Waals surface area contributed by atoms with E-state index >= 15 is 0 Å². The van der Waals surface area contributed by atoms with E-state index in [0.29, 0.717) is 33.4 Å². The molecule has 0 aromatic heterocycles. The number of halogens is 2. The summed E-state index contributed by atoms with van der Waals surface area (Å²) in [7, 11) is 0. The Morgan fingerprint density at radius 3 is 2.00 bits per heavy atom. The van der Waals surface area contributed by atoms with Crippen molar-refractivity contribution in [3.05, 3.63) is 76.3 Å². The summed E-state index contributed by atoms with van der Waals surface area (Å²) in [6, 6.07) is 11.2. The van der Waals surface area contributed by atoms with Crippen molar-refractivity contribution in [2.75, 3.05) is 11.9 Å². The van der Waals surface area contributed by atoms with Crippen LogP contribution in [0.1, 0.15) is 20.7 Å². The molecule has 0 aliphatic heterocycles. The molecule has 2 rings (SSSR count). The summed E-state index contributed by atoms with van der Waals surface area (Å²) in [5, 5.41) is 6.03. The van der Waals surface area contributed by atoms with E-state index in [1.54, 1.807) is 48.5 Å². The number of hydrogen-bond acceptors (Lipinski definition) is 2. The van der Waals surface area contributed by atoms with Crippen LogP contribution >= 0.6 is 23.2 Å². The topological polar surface area (TPSA) is 58.2 Å². The maximum Gasteiger partial charge on any atom is 0.255 e. The molecule has 2 amide bonds. The standard InChI is InChI=1S/C17H14Cl2N2O2/c1-2-10-20-16(22)11-6-8-12(9-7-11)17(23)21-15-13(18)4-3-5-14(15)19/h2-9H,1,10H2,(H,20,22)(H,21,23). The molecule has 0 bridgehead atoms. The van der Waals surface area contributed by atoms with Crippen molar-refractivity contribution in [3.63, 3.8) is 0 Å². The van der Waals surface area contributed by atoms with Crippen LogP contribution in [0, 0.1) is 0 Å². The lowest BCUT2D eigenvalue weighted by Gasteiger charge is -2.09. The van der Waals surface area contributed by atoms with Crippen molar-refractivity contribution in [1.29, 1.82) is 0 Å². The minimum atomic E-state index is -0.363. The highest BCUT2D eigenvalue weighted by Crippen LogP contribution is 2.30. The zero-order valence-corrected chi connectivity index (χ0v) is 13.6. The molecule has 2 aromatic rings. The van der Waals surface area contributed by atoms with E-state index < -0.39 is 0 Å². The molecule has 6 heteroatoms. The summed E-state index contributed by atoms with van der Waals surface area (Å²) in [5.41, 5.74) is 1.20. The van der Waals surface area contributed by atoms with Crippen LogP contribution in [-0.4, -0.2) is 18.4 Å². The molecular formula is C17H14Cl2N2O2.